The number of aryl methyl sites for hydroxylation is 1. The molecule has 104 valence electrons. The first kappa shape index (κ1) is 12.4. The van der Waals surface area contributed by atoms with E-state index >= 15 is 0 Å². The topological polar surface area (TPSA) is 56.2 Å². The van der Waals surface area contributed by atoms with Crippen LogP contribution < -0.4 is 0 Å². The van der Waals surface area contributed by atoms with Gasteiger partial charge in [-0.25, -0.2) is 0 Å². The van der Waals surface area contributed by atoms with Crippen molar-refractivity contribution in [1.82, 2.24) is 14.9 Å². The second-order valence-electron chi connectivity index (χ2n) is 4.80. The van der Waals surface area contributed by atoms with E-state index in [9.17, 15) is 0 Å². The zero-order valence-electron chi connectivity index (χ0n) is 11.4. The van der Waals surface area contributed by atoms with E-state index < -0.39 is 0 Å². The molecule has 3 aromatic rings. The molecule has 5 nitrogen and oxygen atoms in total. The lowest BCUT2D eigenvalue weighted by Gasteiger charge is -2.13. The smallest absolute Gasteiger partial charge is 0.221 e. The van der Waals surface area contributed by atoms with Crippen molar-refractivity contribution in [3.63, 3.8) is 0 Å². The molecule has 0 atom stereocenters. The van der Waals surface area contributed by atoms with Crippen LogP contribution in [0.4, 0.5) is 0 Å². The average molecular weight is 296 g/mol. The van der Waals surface area contributed by atoms with Gasteiger partial charge >= 0.3 is 0 Å². The lowest BCUT2D eigenvalue weighted by molar-refractivity contribution is 0.571. The molecule has 1 aliphatic heterocycles. The van der Waals surface area contributed by atoms with Gasteiger partial charge in [0.15, 0.2) is 5.76 Å². The first-order valence-corrected chi connectivity index (χ1v) is 7.57. The minimum Gasteiger partial charge on any atom is -0.461 e. The Labute approximate surface area is 125 Å². The standard InChI is InChI=1S/C15H12N4OS/c1-10-4-6-11(7-5-10)12-9-21-15-17-16-14(19(15)18-12)13-3-2-8-20-13/h2-8H,9H2,1H3. The molecule has 0 unspecified atom stereocenters. The summed E-state index contributed by atoms with van der Waals surface area (Å²) in [7, 11) is 0. The highest BCUT2D eigenvalue weighted by molar-refractivity contribution is 7.99. The van der Waals surface area contributed by atoms with Crippen LogP contribution in [0.2, 0.25) is 0 Å². The van der Waals surface area contributed by atoms with E-state index in [0.717, 1.165) is 22.2 Å². The summed E-state index contributed by atoms with van der Waals surface area (Å²) in [4.78, 5) is 0. The van der Waals surface area contributed by atoms with Gasteiger partial charge in [-0.2, -0.15) is 9.78 Å². The second kappa shape index (κ2) is 4.89. The predicted molar refractivity (Wildman–Crippen MR) is 81.6 cm³/mol. The summed E-state index contributed by atoms with van der Waals surface area (Å²) in [5.74, 6) is 2.09. The molecule has 6 heteroatoms. The number of benzene rings is 1. The number of furan rings is 1. The molecule has 3 heterocycles. The Morgan fingerprint density at radius 1 is 1.14 bits per heavy atom. The monoisotopic (exact) mass is 296 g/mol. The van der Waals surface area contributed by atoms with Crippen LogP contribution in [0.3, 0.4) is 0 Å². The molecule has 0 fully saturated rings. The molecule has 4 rings (SSSR count). The lowest BCUT2D eigenvalue weighted by atomic mass is 10.1. The fraction of sp³-hybridized carbons (Fsp3) is 0.133. The van der Waals surface area contributed by atoms with Gasteiger partial charge < -0.3 is 4.42 Å². The van der Waals surface area contributed by atoms with Crippen LogP contribution in [0.15, 0.2) is 57.3 Å². The van der Waals surface area contributed by atoms with E-state index in [1.165, 1.54) is 5.56 Å². The fourth-order valence-electron chi connectivity index (χ4n) is 2.17. The molecule has 0 saturated carbocycles. The third-order valence-electron chi connectivity index (χ3n) is 3.30. The summed E-state index contributed by atoms with van der Waals surface area (Å²) in [5.41, 5.74) is 3.38. The van der Waals surface area contributed by atoms with Crippen LogP contribution in [0, 0.1) is 6.92 Å². The van der Waals surface area contributed by atoms with Crippen molar-refractivity contribution in [3.8, 4) is 11.6 Å². The minimum absolute atomic E-state index is 0.631. The molecule has 1 aromatic carbocycles. The van der Waals surface area contributed by atoms with Crippen LogP contribution in [-0.4, -0.2) is 26.3 Å². The molecule has 0 spiro atoms. The Morgan fingerprint density at radius 3 is 2.76 bits per heavy atom. The number of hydrogen-bond acceptors (Lipinski definition) is 5. The average Bonchev–Trinajstić information content (AvgIpc) is 3.16. The van der Waals surface area contributed by atoms with Crippen LogP contribution in [-0.2, 0) is 0 Å². The van der Waals surface area contributed by atoms with Crippen molar-refractivity contribution in [2.45, 2.75) is 12.1 Å². The first-order chi connectivity index (χ1) is 10.3. The van der Waals surface area contributed by atoms with Gasteiger partial charge in [-0.15, -0.1) is 10.2 Å². The van der Waals surface area contributed by atoms with E-state index in [-0.39, 0.29) is 0 Å². The summed E-state index contributed by atoms with van der Waals surface area (Å²) in [6.45, 7) is 2.08. The Morgan fingerprint density at radius 2 is 2.00 bits per heavy atom. The van der Waals surface area contributed by atoms with Gasteiger partial charge in [-0.1, -0.05) is 41.6 Å². The second-order valence-corrected chi connectivity index (χ2v) is 5.74. The van der Waals surface area contributed by atoms with Crippen LogP contribution >= 0.6 is 11.8 Å². The zero-order valence-corrected chi connectivity index (χ0v) is 12.2. The normalized spacial score (nSPS) is 13.9. The number of rotatable bonds is 2. The third-order valence-corrected chi connectivity index (χ3v) is 4.23. The predicted octanol–water partition coefficient (Wildman–Crippen LogP) is 3.20. The van der Waals surface area contributed by atoms with E-state index in [1.54, 1.807) is 22.7 Å². The molecule has 0 N–H and O–H groups in total. The lowest BCUT2D eigenvalue weighted by Crippen LogP contribution is -2.13. The quantitative estimate of drug-likeness (QED) is 0.728. The van der Waals surface area contributed by atoms with Gasteiger partial charge in [0.25, 0.3) is 0 Å². The number of fused-ring (bicyclic) bond motifs is 1. The van der Waals surface area contributed by atoms with Crippen LogP contribution in [0.25, 0.3) is 11.6 Å². The number of thioether (sulfide) groups is 1. The fourth-order valence-corrected chi connectivity index (χ4v) is 3.01. The number of aromatic nitrogens is 3. The third kappa shape index (κ3) is 2.17. The highest BCUT2D eigenvalue weighted by Gasteiger charge is 2.21. The van der Waals surface area contributed by atoms with E-state index in [1.807, 2.05) is 12.1 Å². The first-order valence-electron chi connectivity index (χ1n) is 6.58. The van der Waals surface area contributed by atoms with Crippen LogP contribution in [0.1, 0.15) is 11.1 Å². The van der Waals surface area contributed by atoms with Crippen LogP contribution in [0.5, 0.6) is 0 Å². The van der Waals surface area contributed by atoms with E-state index in [2.05, 4.69) is 46.5 Å². The Hall–Kier alpha value is -2.34. The molecule has 0 aliphatic carbocycles. The zero-order chi connectivity index (χ0) is 14.2. The number of nitrogens with zero attached hydrogens (tertiary/aromatic N) is 4. The van der Waals surface area contributed by atoms with Crippen molar-refractivity contribution in [1.29, 1.82) is 0 Å². The van der Waals surface area contributed by atoms with Crippen molar-refractivity contribution < 1.29 is 4.42 Å². The number of hydrogen-bond donors (Lipinski definition) is 0. The highest BCUT2D eigenvalue weighted by atomic mass is 32.2. The molecule has 21 heavy (non-hydrogen) atoms. The Bertz CT molecular complexity index is 803. The Kier molecular flexibility index (Phi) is 2.89. The maximum Gasteiger partial charge on any atom is 0.221 e. The van der Waals surface area contributed by atoms with Crippen molar-refractivity contribution in [3.05, 3.63) is 53.8 Å². The van der Waals surface area contributed by atoms with Gasteiger partial charge in [-0.3, -0.25) is 0 Å². The summed E-state index contributed by atoms with van der Waals surface area (Å²) in [6.07, 6.45) is 1.62. The molecule has 2 aromatic heterocycles. The van der Waals surface area contributed by atoms with Gasteiger partial charge in [0.2, 0.25) is 11.0 Å². The SMILES string of the molecule is Cc1ccc(C2=Nn3c(nnc3-c3ccco3)SC2)cc1. The molecule has 0 amide bonds. The Balaban J connectivity index is 1.79. The van der Waals surface area contributed by atoms with Gasteiger partial charge in [0, 0.05) is 5.75 Å². The van der Waals surface area contributed by atoms with Gasteiger partial charge in [0.05, 0.1) is 12.0 Å². The van der Waals surface area contributed by atoms with Gasteiger partial charge in [0.1, 0.15) is 0 Å². The molecular weight excluding hydrogens is 284 g/mol. The minimum atomic E-state index is 0.631. The maximum absolute atomic E-state index is 5.40. The maximum atomic E-state index is 5.40. The summed E-state index contributed by atoms with van der Waals surface area (Å²) in [5, 5.41) is 13.8. The van der Waals surface area contributed by atoms with E-state index in [4.69, 9.17) is 4.42 Å². The molecule has 1 aliphatic rings. The summed E-state index contributed by atoms with van der Waals surface area (Å²) in [6, 6.07) is 12.1. The van der Waals surface area contributed by atoms with Crippen molar-refractivity contribution in [2.24, 2.45) is 5.10 Å². The molecule has 0 radical (unpaired) electrons. The molecule has 0 bridgehead atoms. The molecular formula is C15H12N4OS. The van der Waals surface area contributed by atoms with Crippen molar-refractivity contribution in [2.75, 3.05) is 5.75 Å². The van der Waals surface area contributed by atoms with Crippen molar-refractivity contribution >= 4 is 17.5 Å². The summed E-state index contributed by atoms with van der Waals surface area (Å²) < 4.78 is 7.15. The molecule has 0 saturated heterocycles. The highest BCUT2D eigenvalue weighted by Crippen LogP contribution is 2.28. The summed E-state index contributed by atoms with van der Waals surface area (Å²) >= 11 is 1.63. The van der Waals surface area contributed by atoms with E-state index in [0.29, 0.717) is 11.6 Å². The largest absolute Gasteiger partial charge is 0.461 e. The van der Waals surface area contributed by atoms with Gasteiger partial charge in [-0.05, 0) is 24.6 Å².